The van der Waals surface area contributed by atoms with E-state index in [0.717, 1.165) is 22.0 Å². The van der Waals surface area contributed by atoms with Gasteiger partial charge in [0, 0.05) is 42.0 Å². The maximum Gasteiger partial charge on any atom is 0.308 e. The normalized spacial score (nSPS) is 13.9. The summed E-state index contributed by atoms with van der Waals surface area (Å²) in [6.07, 6.45) is 0.251. The molecule has 28 heavy (non-hydrogen) atoms. The number of imide groups is 1. The van der Waals surface area contributed by atoms with Crippen molar-refractivity contribution in [3.63, 3.8) is 0 Å². The molecule has 0 saturated carbocycles. The van der Waals surface area contributed by atoms with Crippen molar-refractivity contribution in [2.75, 3.05) is 13.2 Å². The molecule has 1 saturated heterocycles. The second kappa shape index (κ2) is 8.21. The van der Waals surface area contributed by atoms with Gasteiger partial charge in [0.25, 0.3) is 0 Å². The summed E-state index contributed by atoms with van der Waals surface area (Å²) in [5.41, 5.74) is 3.13. The number of Topliss-reactive ketones (excluding diaryl/α,β-unsaturated/α-hetero) is 1. The Morgan fingerprint density at radius 3 is 2.32 bits per heavy atom. The molecule has 0 aliphatic carbocycles. The first kappa shape index (κ1) is 19.5. The van der Waals surface area contributed by atoms with Crippen molar-refractivity contribution >= 4 is 23.6 Å². The molecular formula is C21H22N2O5. The predicted molar refractivity (Wildman–Crippen MR) is 101 cm³/mol. The molecule has 146 valence electrons. The van der Waals surface area contributed by atoms with Gasteiger partial charge in [-0.3, -0.25) is 24.1 Å². The number of benzene rings is 1. The van der Waals surface area contributed by atoms with Gasteiger partial charge in [-0.2, -0.15) is 0 Å². The molecule has 2 amide bonds. The van der Waals surface area contributed by atoms with Gasteiger partial charge in [-0.1, -0.05) is 18.2 Å². The number of aryl methyl sites for hydroxylation is 1. The molecule has 1 aromatic carbocycles. The third kappa shape index (κ3) is 4.03. The average molecular weight is 382 g/mol. The van der Waals surface area contributed by atoms with Gasteiger partial charge in [0.15, 0.2) is 6.61 Å². The van der Waals surface area contributed by atoms with Crippen LogP contribution in [0.15, 0.2) is 36.4 Å². The number of ether oxygens (including phenoxy) is 1. The van der Waals surface area contributed by atoms with Crippen molar-refractivity contribution in [2.24, 2.45) is 0 Å². The van der Waals surface area contributed by atoms with Crippen LogP contribution in [0, 0.1) is 13.8 Å². The Morgan fingerprint density at radius 1 is 1.04 bits per heavy atom. The number of nitrogens with zero attached hydrogens (tertiary/aromatic N) is 2. The molecule has 1 aliphatic heterocycles. The van der Waals surface area contributed by atoms with E-state index >= 15 is 0 Å². The monoisotopic (exact) mass is 382 g/mol. The zero-order valence-electron chi connectivity index (χ0n) is 15.9. The summed E-state index contributed by atoms with van der Waals surface area (Å²) in [4.78, 5) is 48.6. The minimum atomic E-state index is -0.613. The number of amides is 2. The summed E-state index contributed by atoms with van der Waals surface area (Å²) in [6, 6.07) is 11.5. The van der Waals surface area contributed by atoms with E-state index in [-0.39, 0.29) is 50.0 Å². The smallest absolute Gasteiger partial charge is 0.308 e. The molecule has 0 atom stereocenters. The molecular weight excluding hydrogens is 360 g/mol. The average Bonchev–Trinajstić information content (AvgIpc) is 3.16. The Kier molecular flexibility index (Phi) is 5.73. The summed E-state index contributed by atoms with van der Waals surface area (Å²) < 4.78 is 7.02. The number of carbonyl (C=O) groups excluding carboxylic acids is 4. The molecule has 1 aliphatic rings. The molecule has 1 aromatic heterocycles. The summed E-state index contributed by atoms with van der Waals surface area (Å²) in [5, 5.41) is 0. The quantitative estimate of drug-likeness (QED) is 0.417. The van der Waals surface area contributed by atoms with E-state index in [4.69, 9.17) is 4.74 Å². The first-order valence-corrected chi connectivity index (χ1v) is 9.15. The Balaban J connectivity index is 1.59. The van der Waals surface area contributed by atoms with Crippen molar-refractivity contribution in [1.82, 2.24) is 9.47 Å². The fraction of sp³-hybridized carbons (Fsp3) is 0.333. The van der Waals surface area contributed by atoms with Crippen LogP contribution < -0.4 is 0 Å². The van der Waals surface area contributed by atoms with Gasteiger partial charge >= 0.3 is 5.97 Å². The minimum Gasteiger partial charge on any atom is -0.457 e. The summed E-state index contributed by atoms with van der Waals surface area (Å²) in [6.45, 7) is 3.37. The highest BCUT2D eigenvalue weighted by atomic mass is 16.5. The number of carbonyl (C=O) groups is 4. The van der Waals surface area contributed by atoms with Crippen LogP contribution in [0.25, 0.3) is 5.69 Å². The maximum atomic E-state index is 12.5. The second-order valence-electron chi connectivity index (χ2n) is 6.73. The van der Waals surface area contributed by atoms with Crippen LogP contribution in [0.4, 0.5) is 0 Å². The highest BCUT2D eigenvalue weighted by Crippen LogP contribution is 2.21. The fourth-order valence-corrected chi connectivity index (χ4v) is 3.39. The Morgan fingerprint density at radius 2 is 1.68 bits per heavy atom. The fourth-order valence-electron chi connectivity index (χ4n) is 3.39. The van der Waals surface area contributed by atoms with Gasteiger partial charge in [0.1, 0.15) is 0 Å². The van der Waals surface area contributed by atoms with Crippen molar-refractivity contribution in [1.29, 1.82) is 0 Å². The van der Waals surface area contributed by atoms with Crippen molar-refractivity contribution in [3.8, 4) is 5.69 Å². The summed E-state index contributed by atoms with van der Waals surface area (Å²) in [5.74, 6) is -1.46. The molecule has 0 bridgehead atoms. The highest BCUT2D eigenvalue weighted by Gasteiger charge is 2.29. The standard InChI is InChI=1S/C21H22N2O5/c1-14-12-17(15(2)23(14)16-6-4-3-5-7-16)18(24)13-28-21(27)10-11-22-19(25)8-9-20(22)26/h3-7,12H,8-11,13H2,1-2H3. The lowest BCUT2D eigenvalue weighted by Crippen LogP contribution is -2.31. The minimum absolute atomic E-state index is 0.00674. The van der Waals surface area contributed by atoms with Crippen LogP contribution >= 0.6 is 0 Å². The number of likely N-dealkylation sites (tertiary alicyclic amines) is 1. The summed E-state index contributed by atoms with van der Waals surface area (Å²) in [7, 11) is 0. The van der Waals surface area contributed by atoms with Crippen molar-refractivity contribution in [3.05, 3.63) is 53.3 Å². The number of hydrogen-bond acceptors (Lipinski definition) is 5. The number of esters is 1. The number of hydrogen-bond donors (Lipinski definition) is 0. The van der Waals surface area contributed by atoms with Gasteiger partial charge in [-0.25, -0.2) is 0 Å². The lowest BCUT2D eigenvalue weighted by atomic mass is 10.1. The van der Waals surface area contributed by atoms with E-state index in [9.17, 15) is 19.2 Å². The molecule has 7 nitrogen and oxygen atoms in total. The van der Waals surface area contributed by atoms with Gasteiger partial charge in [-0.05, 0) is 32.0 Å². The second-order valence-corrected chi connectivity index (χ2v) is 6.73. The molecule has 2 aromatic rings. The highest BCUT2D eigenvalue weighted by molar-refractivity contribution is 6.02. The molecule has 2 heterocycles. The predicted octanol–water partition coefficient (Wildman–Crippen LogP) is 2.36. The molecule has 0 N–H and O–H groups in total. The van der Waals surface area contributed by atoms with E-state index < -0.39 is 5.97 Å². The molecule has 3 rings (SSSR count). The van der Waals surface area contributed by atoms with E-state index in [1.807, 2.05) is 48.7 Å². The van der Waals surface area contributed by atoms with Crippen LogP contribution in [0.1, 0.15) is 41.0 Å². The Hall–Kier alpha value is -3.22. The van der Waals surface area contributed by atoms with E-state index in [1.54, 1.807) is 6.07 Å². The third-order valence-corrected chi connectivity index (χ3v) is 4.80. The first-order chi connectivity index (χ1) is 13.4. The molecule has 0 unspecified atom stereocenters. The van der Waals surface area contributed by atoms with E-state index in [1.165, 1.54) is 0 Å². The number of ketones is 1. The Labute approximate surface area is 162 Å². The van der Waals surface area contributed by atoms with Crippen LogP contribution in [0.3, 0.4) is 0 Å². The number of aromatic nitrogens is 1. The van der Waals surface area contributed by atoms with Crippen LogP contribution in [0.5, 0.6) is 0 Å². The van der Waals surface area contributed by atoms with Crippen LogP contribution in [-0.2, 0) is 19.1 Å². The van der Waals surface area contributed by atoms with E-state index in [0.29, 0.717) is 5.56 Å². The van der Waals surface area contributed by atoms with Gasteiger partial charge in [0.05, 0.1) is 6.42 Å². The molecule has 0 radical (unpaired) electrons. The third-order valence-electron chi connectivity index (χ3n) is 4.80. The van der Waals surface area contributed by atoms with Gasteiger partial charge in [-0.15, -0.1) is 0 Å². The van der Waals surface area contributed by atoms with Crippen LogP contribution in [0.2, 0.25) is 0 Å². The SMILES string of the molecule is Cc1cc(C(=O)COC(=O)CCN2C(=O)CCC2=O)c(C)n1-c1ccccc1. The molecule has 7 heteroatoms. The van der Waals surface area contributed by atoms with Gasteiger partial charge < -0.3 is 9.30 Å². The maximum absolute atomic E-state index is 12.5. The summed E-state index contributed by atoms with van der Waals surface area (Å²) >= 11 is 0. The van der Waals surface area contributed by atoms with Crippen LogP contribution in [-0.4, -0.2) is 46.2 Å². The zero-order valence-corrected chi connectivity index (χ0v) is 15.9. The number of para-hydroxylation sites is 1. The topological polar surface area (TPSA) is 85.7 Å². The number of rotatable bonds is 7. The zero-order chi connectivity index (χ0) is 20.3. The van der Waals surface area contributed by atoms with Crippen molar-refractivity contribution < 1.29 is 23.9 Å². The lowest BCUT2D eigenvalue weighted by Gasteiger charge is -2.12. The van der Waals surface area contributed by atoms with Gasteiger partial charge in [0.2, 0.25) is 17.6 Å². The Bertz CT molecular complexity index is 914. The molecule has 0 spiro atoms. The van der Waals surface area contributed by atoms with Crippen molar-refractivity contribution in [2.45, 2.75) is 33.1 Å². The van der Waals surface area contributed by atoms with E-state index in [2.05, 4.69) is 0 Å². The largest absolute Gasteiger partial charge is 0.457 e. The molecule has 1 fully saturated rings. The lowest BCUT2D eigenvalue weighted by molar-refractivity contribution is -0.144. The first-order valence-electron chi connectivity index (χ1n) is 9.15.